The molecule has 2 rings (SSSR count). The molecule has 17 N–H and O–H groups in total. The Labute approximate surface area is 439 Å². The molecule has 76 heavy (non-hydrogen) atoms. The van der Waals surface area contributed by atoms with Gasteiger partial charge in [-0.15, -0.1) is 6.42 Å². The number of amides is 4. The first-order valence-corrected chi connectivity index (χ1v) is 24.3. The molecular formula is C46H76N10O20. The van der Waals surface area contributed by atoms with Gasteiger partial charge < -0.3 is 112 Å². The molecule has 2 aliphatic rings. The van der Waals surface area contributed by atoms with Gasteiger partial charge in [-0.1, -0.05) is 12.8 Å². The van der Waals surface area contributed by atoms with Crippen molar-refractivity contribution in [3.05, 3.63) is 23.7 Å². The minimum absolute atomic E-state index is 0.00108. The van der Waals surface area contributed by atoms with E-state index in [4.69, 9.17) is 67.3 Å². The smallest absolute Gasteiger partial charge is 0.370 e. The van der Waals surface area contributed by atoms with Gasteiger partial charge in [0, 0.05) is 39.0 Å². The van der Waals surface area contributed by atoms with E-state index in [1.807, 2.05) is 0 Å². The highest BCUT2D eigenvalue weighted by Crippen LogP contribution is 2.31. The van der Waals surface area contributed by atoms with Crippen molar-refractivity contribution in [1.29, 1.82) is 0 Å². The number of carbonyl (C=O) groups excluding carboxylic acids is 4. The van der Waals surface area contributed by atoms with Crippen LogP contribution in [0.25, 0.3) is 0 Å². The van der Waals surface area contributed by atoms with Crippen LogP contribution in [-0.2, 0) is 66.7 Å². The molecule has 0 bridgehead atoms. The molecule has 10 atom stereocenters. The number of carbonyl (C=O) groups is 6. The zero-order valence-electron chi connectivity index (χ0n) is 42.7. The fourth-order valence-corrected chi connectivity index (χ4v) is 7.53. The van der Waals surface area contributed by atoms with Gasteiger partial charge in [-0.2, -0.15) is 0 Å². The number of aliphatic hydroxyl groups is 4. The summed E-state index contributed by atoms with van der Waals surface area (Å²) in [5, 5.41) is 68.1. The van der Waals surface area contributed by atoms with E-state index in [0.717, 1.165) is 13.0 Å². The second-order valence-corrected chi connectivity index (χ2v) is 17.0. The Bertz CT molecular complexity index is 2000. The third-order valence-electron chi connectivity index (χ3n) is 11.1. The van der Waals surface area contributed by atoms with Crippen molar-refractivity contribution in [1.82, 2.24) is 20.9 Å². The molecule has 0 aromatic rings. The van der Waals surface area contributed by atoms with Crippen molar-refractivity contribution in [3.8, 4) is 12.3 Å². The van der Waals surface area contributed by atoms with Gasteiger partial charge in [-0.25, -0.2) is 19.6 Å². The SMILES string of the molecule is C#CCOCCOCCOCCOCCC(=O)N(CCCCNC(=O)CO[C@@H]([C@@H]1OC(C(=O)O)=C[C@H](N=C(N)N)[C@H]1NC(C)=O)[C@H](O)CO)CCCNC(=O)CO[C@@H]([C@@H]1OC(C(=O)O)=C[C@H](N=C(N)N)[C@H]1C)[C@H](O)CO. The number of nitrogens with zero attached hydrogens (tertiary/aromatic N) is 3. The number of aliphatic hydroxyl groups excluding tert-OH is 4. The second-order valence-electron chi connectivity index (χ2n) is 17.0. The number of unbranched alkanes of at least 4 members (excludes halogenated alkanes) is 1. The van der Waals surface area contributed by atoms with Gasteiger partial charge in [0.25, 0.3) is 0 Å². The Balaban J connectivity index is 2.02. The molecular weight excluding hydrogens is 1010 g/mol. The number of ether oxygens (including phenoxy) is 8. The number of nitrogens with one attached hydrogen (secondary N) is 3. The molecule has 0 unspecified atom stereocenters. The van der Waals surface area contributed by atoms with Crippen molar-refractivity contribution in [3.63, 3.8) is 0 Å². The maximum Gasteiger partial charge on any atom is 0.370 e. The summed E-state index contributed by atoms with van der Waals surface area (Å²) in [6.07, 6.45) is -0.709. The molecule has 0 saturated heterocycles. The minimum Gasteiger partial charge on any atom is -0.480 e. The van der Waals surface area contributed by atoms with Crippen LogP contribution in [-0.4, -0.2) is 243 Å². The fraction of sp³-hybridized carbons (Fsp3) is 0.696. The highest BCUT2D eigenvalue weighted by atomic mass is 16.6. The number of hydrogen-bond donors (Lipinski definition) is 13. The van der Waals surface area contributed by atoms with Gasteiger partial charge in [0.05, 0.1) is 84.0 Å². The normalized spacial score (nSPS) is 20.5. The van der Waals surface area contributed by atoms with Crippen molar-refractivity contribution >= 4 is 47.5 Å². The number of carboxylic acids is 2. The van der Waals surface area contributed by atoms with Crippen LogP contribution >= 0.6 is 0 Å². The maximum atomic E-state index is 13.4. The number of guanidine groups is 2. The minimum atomic E-state index is -1.74. The fourth-order valence-electron chi connectivity index (χ4n) is 7.53. The molecule has 30 heteroatoms. The van der Waals surface area contributed by atoms with Crippen LogP contribution in [0.1, 0.15) is 39.5 Å². The predicted octanol–water partition coefficient (Wildman–Crippen LogP) is -6.06. The van der Waals surface area contributed by atoms with Gasteiger partial charge in [0.15, 0.2) is 18.0 Å². The quantitative estimate of drug-likeness (QED) is 0.0118. The van der Waals surface area contributed by atoms with Gasteiger partial charge in [-0.3, -0.25) is 19.2 Å². The van der Waals surface area contributed by atoms with Gasteiger partial charge in [0.1, 0.15) is 50.3 Å². The lowest BCUT2D eigenvalue weighted by molar-refractivity contribution is -0.160. The van der Waals surface area contributed by atoms with E-state index in [9.17, 15) is 59.4 Å². The van der Waals surface area contributed by atoms with Crippen LogP contribution in [0.3, 0.4) is 0 Å². The van der Waals surface area contributed by atoms with Crippen LogP contribution in [0.5, 0.6) is 0 Å². The summed E-state index contributed by atoms with van der Waals surface area (Å²) in [4.78, 5) is 84.8. The van der Waals surface area contributed by atoms with Crippen LogP contribution in [0.2, 0.25) is 0 Å². The standard InChI is InChI=1S/C46H76N10O20/c1-4-13-69-15-17-71-19-20-72-18-16-70-14-8-37(64)56(12-7-10-52-36(63)25-73-40(31(60)23-57)39-27(2)29(54-45(47)48)21-33(75-39)43(65)66)11-6-5-9-51-35(62)26-74-41(32(61)24-58)42-38(53-28(3)59)30(55-46(49)50)22-34(76-42)44(67)68/h1,21-22,27,29-32,38-42,57-58,60-61H,5-20,23-26H2,2-3H3,(H,51,62)(H,52,63)(H,53,59)(H,65,66)(H,67,68)(H4,47,48,54)(H4,49,50,55)/t27-,29+,30+,31-,32-,38-,39-,40-,41-,42-/m1/s1. The van der Waals surface area contributed by atoms with E-state index >= 15 is 0 Å². The monoisotopic (exact) mass is 1090 g/mol. The molecule has 430 valence electrons. The molecule has 0 aromatic heterocycles. The number of aliphatic imine (C=N–C) groups is 2. The number of aliphatic carboxylic acids is 2. The molecule has 0 saturated carbocycles. The third kappa shape index (κ3) is 25.0. The first-order chi connectivity index (χ1) is 36.2. The summed E-state index contributed by atoms with van der Waals surface area (Å²) in [7, 11) is 0. The van der Waals surface area contributed by atoms with E-state index in [-0.39, 0.29) is 77.3 Å². The van der Waals surface area contributed by atoms with Crippen LogP contribution in [0.15, 0.2) is 33.7 Å². The zero-order valence-corrected chi connectivity index (χ0v) is 42.7. The van der Waals surface area contributed by atoms with E-state index in [0.29, 0.717) is 39.3 Å². The Morgan fingerprint density at radius 2 is 1.17 bits per heavy atom. The molecule has 30 nitrogen and oxygen atoms in total. The summed E-state index contributed by atoms with van der Waals surface area (Å²) in [5.74, 6) is -5.49. The first-order valence-electron chi connectivity index (χ1n) is 24.3. The molecule has 0 radical (unpaired) electrons. The zero-order chi connectivity index (χ0) is 56.6. The van der Waals surface area contributed by atoms with Crippen molar-refractivity contribution in [2.24, 2.45) is 38.8 Å². The second kappa shape index (κ2) is 36.6. The van der Waals surface area contributed by atoms with Gasteiger partial charge in [-0.05, 0) is 31.4 Å². The average Bonchev–Trinajstić information content (AvgIpc) is 3.36. The molecule has 0 aliphatic carbocycles. The van der Waals surface area contributed by atoms with Gasteiger partial charge in [0.2, 0.25) is 35.1 Å². The van der Waals surface area contributed by atoms with Crippen LogP contribution in [0, 0.1) is 18.3 Å². The van der Waals surface area contributed by atoms with E-state index in [1.165, 1.54) is 6.08 Å². The Hall–Kier alpha value is -6.40. The van der Waals surface area contributed by atoms with Gasteiger partial charge >= 0.3 is 11.9 Å². The van der Waals surface area contributed by atoms with E-state index in [1.54, 1.807) is 11.8 Å². The van der Waals surface area contributed by atoms with Crippen molar-refractivity contribution < 1.29 is 97.3 Å². The highest BCUT2D eigenvalue weighted by Gasteiger charge is 2.46. The van der Waals surface area contributed by atoms with E-state index < -0.39 is 134 Å². The molecule has 0 spiro atoms. The summed E-state index contributed by atoms with van der Waals surface area (Å²) < 4.78 is 44.1. The Morgan fingerprint density at radius 3 is 1.67 bits per heavy atom. The molecule has 4 amide bonds. The van der Waals surface area contributed by atoms with Crippen LogP contribution < -0.4 is 38.9 Å². The lowest BCUT2D eigenvalue weighted by Gasteiger charge is -2.40. The first kappa shape index (κ1) is 65.7. The van der Waals surface area contributed by atoms with Crippen LogP contribution in [0.4, 0.5) is 0 Å². The summed E-state index contributed by atoms with van der Waals surface area (Å²) >= 11 is 0. The summed E-state index contributed by atoms with van der Waals surface area (Å²) in [5.41, 5.74) is 22.2. The molecule has 0 fully saturated rings. The summed E-state index contributed by atoms with van der Waals surface area (Å²) in [6.45, 7) is 2.30. The van der Waals surface area contributed by atoms with E-state index in [2.05, 4.69) is 31.9 Å². The number of rotatable bonds is 39. The van der Waals surface area contributed by atoms with Crippen molar-refractivity contribution in [2.75, 3.05) is 105 Å². The number of carboxylic acid groups (broad SMARTS) is 2. The topological polar surface area (TPSA) is 466 Å². The number of nitrogens with two attached hydrogens (primary N) is 4. The average molecular weight is 1090 g/mol. The highest BCUT2D eigenvalue weighted by molar-refractivity contribution is 5.86. The predicted molar refractivity (Wildman–Crippen MR) is 266 cm³/mol. The third-order valence-corrected chi connectivity index (χ3v) is 11.1. The van der Waals surface area contributed by atoms with Crippen molar-refractivity contribution in [2.45, 2.75) is 94.3 Å². The molecule has 2 aliphatic heterocycles. The lowest BCUT2D eigenvalue weighted by Crippen LogP contribution is -2.60. The number of terminal acetylenes is 1. The molecule has 2 heterocycles. The summed E-state index contributed by atoms with van der Waals surface area (Å²) in [6, 6.07) is -3.33. The Morgan fingerprint density at radius 1 is 0.711 bits per heavy atom. The maximum absolute atomic E-state index is 13.4. The molecule has 0 aromatic carbocycles. The lowest BCUT2D eigenvalue weighted by atomic mass is 9.87. The number of hydrogen-bond acceptors (Lipinski definition) is 20. The Kier molecular flexibility index (Phi) is 31.6. The largest absolute Gasteiger partial charge is 0.480 e.